The number of aliphatic hydroxyl groups is 1. The number of aromatic nitrogens is 2. The Kier molecular flexibility index (Phi) is 5.49. The summed E-state index contributed by atoms with van der Waals surface area (Å²) in [5.74, 6) is 0.648. The Morgan fingerprint density at radius 3 is 2.64 bits per heavy atom. The summed E-state index contributed by atoms with van der Waals surface area (Å²) in [4.78, 5) is 17.4. The van der Waals surface area contributed by atoms with Gasteiger partial charge in [0.15, 0.2) is 5.16 Å². The van der Waals surface area contributed by atoms with Crippen LogP contribution in [0.2, 0.25) is 0 Å². The van der Waals surface area contributed by atoms with E-state index in [0.29, 0.717) is 40.3 Å². The van der Waals surface area contributed by atoms with Crippen molar-refractivity contribution in [3.8, 4) is 6.07 Å². The third-order valence-corrected chi connectivity index (χ3v) is 4.86. The fraction of sp³-hybridized carbons (Fsp3) is 0.211. The van der Waals surface area contributed by atoms with Crippen molar-refractivity contribution in [3.05, 3.63) is 70.0 Å². The molecule has 0 spiro atoms. The Bertz CT molecular complexity index is 975. The third kappa shape index (κ3) is 3.90. The highest BCUT2D eigenvalue weighted by molar-refractivity contribution is 7.98. The van der Waals surface area contributed by atoms with E-state index in [4.69, 9.17) is 10.4 Å². The van der Waals surface area contributed by atoms with Gasteiger partial charge in [-0.2, -0.15) is 5.26 Å². The Morgan fingerprint density at radius 2 is 1.92 bits per heavy atom. The van der Waals surface area contributed by atoms with Crippen molar-refractivity contribution < 1.29 is 5.11 Å². The van der Waals surface area contributed by atoms with Crippen molar-refractivity contribution in [2.45, 2.75) is 23.9 Å². The first-order valence-electron chi connectivity index (χ1n) is 7.95. The molecule has 1 heterocycles. The summed E-state index contributed by atoms with van der Waals surface area (Å²) in [6.07, 6.45) is 0.504. The van der Waals surface area contributed by atoms with Gasteiger partial charge < -0.3 is 5.11 Å². The van der Waals surface area contributed by atoms with Crippen LogP contribution >= 0.6 is 11.8 Å². The molecule has 1 N–H and O–H groups in total. The number of hydrogen-bond acceptors (Lipinski definition) is 5. The summed E-state index contributed by atoms with van der Waals surface area (Å²) < 4.78 is 1.63. The average molecular weight is 351 g/mol. The fourth-order valence-electron chi connectivity index (χ4n) is 2.51. The van der Waals surface area contributed by atoms with Gasteiger partial charge in [-0.1, -0.05) is 36.0 Å². The number of hydrogen-bond donors (Lipinski definition) is 1. The molecule has 0 aliphatic heterocycles. The highest BCUT2D eigenvalue weighted by Crippen LogP contribution is 2.22. The van der Waals surface area contributed by atoms with Crippen LogP contribution in [0.1, 0.15) is 17.5 Å². The van der Waals surface area contributed by atoms with Gasteiger partial charge in [0.05, 0.1) is 22.5 Å². The van der Waals surface area contributed by atoms with Crippen molar-refractivity contribution in [1.29, 1.82) is 5.26 Å². The van der Waals surface area contributed by atoms with E-state index in [0.717, 1.165) is 5.56 Å². The van der Waals surface area contributed by atoms with Gasteiger partial charge in [0.25, 0.3) is 5.56 Å². The van der Waals surface area contributed by atoms with Gasteiger partial charge in [-0.15, -0.1) is 0 Å². The van der Waals surface area contributed by atoms with Gasteiger partial charge in [-0.05, 0) is 36.2 Å². The summed E-state index contributed by atoms with van der Waals surface area (Å²) in [7, 11) is 0. The SMILES string of the molecule is N#Cc1ccc(CSc2nc3ccccc3c(=O)n2CCCO)cc1. The summed E-state index contributed by atoms with van der Waals surface area (Å²) in [5, 5.41) is 19.2. The van der Waals surface area contributed by atoms with Gasteiger partial charge in [0.1, 0.15) is 0 Å². The van der Waals surface area contributed by atoms with Crippen LogP contribution in [0.3, 0.4) is 0 Å². The lowest BCUT2D eigenvalue weighted by molar-refractivity contribution is 0.276. The zero-order valence-electron chi connectivity index (χ0n) is 13.6. The number of fused-ring (bicyclic) bond motifs is 1. The summed E-state index contributed by atoms with van der Waals surface area (Å²) >= 11 is 1.48. The lowest BCUT2D eigenvalue weighted by Gasteiger charge is -2.12. The maximum Gasteiger partial charge on any atom is 0.262 e. The Morgan fingerprint density at radius 1 is 1.16 bits per heavy atom. The van der Waals surface area contributed by atoms with E-state index in [1.165, 1.54) is 11.8 Å². The second-order valence-electron chi connectivity index (χ2n) is 5.54. The van der Waals surface area contributed by atoms with Gasteiger partial charge in [0, 0.05) is 18.9 Å². The standard InChI is InChI=1S/C19H17N3O2S/c20-12-14-6-8-15(9-7-14)13-25-19-21-17-5-2-1-4-16(17)18(24)22(19)10-3-11-23/h1-2,4-9,23H,3,10-11,13H2. The normalized spacial score (nSPS) is 10.7. The van der Waals surface area contributed by atoms with Crippen LogP contribution in [0.5, 0.6) is 0 Å². The monoisotopic (exact) mass is 351 g/mol. The van der Waals surface area contributed by atoms with E-state index in [1.807, 2.05) is 30.3 Å². The van der Waals surface area contributed by atoms with Crippen molar-refractivity contribution in [1.82, 2.24) is 9.55 Å². The van der Waals surface area contributed by atoms with Crippen LogP contribution in [0.15, 0.2) is 58.5 Å². The molecular weight excluding hydrogens is 334 g/mol. The van der Waals surface area contributed by atoms with Crippen LogP contribution in [0, 0.1) is 11.3 Å². The average Bonchev–Trinajstić information content (AvgIpc) is 2.66. The Hall–Kier alpha value is -2.62. The van der Waals surface area contributed by atoms with E-state index in [2.05, 4.69) is 11.1 Å². The van der Waals surface area contributed by atoms with E-state index in [-0.39, 0.29) is 12.2 Å². The minimum atomic E-state index is -0.0821. The molecule has 3 aromatic rings. The molecule has 1 aromatic heterocycles. The molecular formula is C19H17N3O2S. The van der Waals surface area contributed by atoms with Crippen LogP contribution in [0.25, 0.3) is 10.9 Å². The van der Waals surface area contributed by atoms with E-state index in [1.54, 1.807) is 22.8 Å². The summed E-state index contributed by atoms with van der Waals surface area (Å²) in [6, 6.07) is 16.8. The highest BCUT2D eigenvalue weighted by atomic mass is 32.2. The largest absolute Gasteiger partial charge is 0.396 e. The zero-order chi connectivity index (χ0) is 17.6. The Labute approximate surface area is 149 Å². The fourth-order valence-corrected chi connectivity index (χ4v) is 3.49. The molecule has 0 radical (unpaired) electrons. The van der Waals surface area contributed by atoms with E-state index in [9.17, 15) is 4.79 Å². The second kappa shape index (κ2) is 7.97. The molecule has 5 nitrogen and oxygen atoms in total. The number of benzene rings is 2. The van der Waals surface area contributed by atoms with E-state index >= 15 is 0 Å². The smallest absolute Gasteiger partial charge is 0.262 e. The number of para-hydroxylation sites is 1. The van der Waals surface area contributed by atoms with Crippen molar-refractivity contribution in [2.75, 3.05) is 6.61 Å². The van der Waals surface area contributed by atoms with Gasteiger partial charge in [-0.3, -0.25) is 9.36 Å². The first-order chi connectivity index (χ1) is 12.2. The number of aliphatic hydroxyl groups excluding tert-OH is 1. The van der Waals surface area contributed by atoms with Gasteiger partial charge >= 0.3 is 0 Å². The Balaban J connectivity index is 1.92. The lowest BCUT2D eigenvalue weighted by Crippen LogP contribution is -2.24. The second-order valence-corrected chi connectivity index (χ2v) is 6.49. The molecule has 0 saturated heterocycles. The minimum Gasteiger partial charge on any atom is -0.396 e. The molecule has 0 bridgehead atoms. The molecule has 3 rings (SSSR count). The summed E-state index contributed by atoms with van der Waals surface area (Å²) in [6.45, 7) is 0.460. The number of thioether (sulfide) groups is 1. The molecule has 0 amide bonds. The molecule has 0 fully saturated rings. The van der Waals surface area contributed by atoms with Crippen molar-refractivity contribution in [3.63, 3.8) is 0 Å². The molecule has 6 heteroatoms. The maximum absolute atomic E-state index is 12.7. The number of nitriles is 1. The predicted octanol–water partition coefficient (Wildman–Crippen LogP) is 2.94. The third-order valence-electron chi connectivity index (χ3n) is 3.82. The topological polar surface area (TPSA) is 78.9 Å². The predicted molar refractivity (Wildman–Crippen MR) is 98.4 cm³/mol. The van der Waals surface area contributed by atoms with Gasteiger partial charge in [0.2, 0.25) is 0 Å². The molecule has 2 aromatic carbocycles. The molecule has 0 atom stereocenters. The highest BCUT2D eigenvalue weighted by Gasteiger charge is 2.11. The molecule has 0 aliphatic carbocycles. The van der Waals surface area contributed by atoms with Crippen LogP contribution in [0.4, 0.5) is 0 Å². The van der Waals surface area contributed by atoms with Crippen LogP contribution in [-0.4, -0.2) is 21.3 Å². The first-order valence-corrected chi connectivity index (χ1v) is 8.94. The minimum absolute atomic E-state index is 0.0268. The maximum atomic E-state index is 12.7. The summed E-state index contributed by atoms with van der Waals surface area (Å²) in [5.41, 5.74) is 2.27. The number of rotatable bonds is 6. The molecule has 0 aliphatic rings. The van der Waals surface area contributed by atoms with Gasteiger partial charge in [-0.25, -0.2) is 4.98 Å². The zero-order valence-corrected chi connectivity index (χ0v) is 14.4. The first kappa shape index (κ1) is 17.2. The van der Waals surface area contributed by atoms with Crippen molar-refractivity contribution >= 4 is 22.7 Å². The van der Waals surface area contributed by atoms with E-state index < -0.39 is 0 Å². The molecule has 0 saturated carbocycles. The van der Waals surface area contributed by atoms with Crippen LogP contribution in [-0.2, 0) is 12.3 Å². The number of nitrogens with zero attached hydrogens (tertiary/aromatic N) is 3. The quantitative estimate of drug-likeness (QED) is 0.546. The van der Waals surface area contributed by atoms with Crippen molar-refractivity contribution in [2.24, 2.45) is 0 Å². The molecule has 25 heavy (non-hydrogen) atoms. The molecule has 126 valence electrons. The molecule has 0 unspecified atom stereocenters. The van der Waals surface area contributed by atoms with Crippen LogP contribution < -0.4 is 5.56 Å². The lowest BCUT2D eigenvalue weighted by atomic mass is 10.2.